The number of rotatable bonds is 7. The maximum absolute atomic E-state index is 4.55. The van der Waals surface area contributed by atoms with Gasteiger partial charge in [0.25, 0.3) is 0 Å². The fraction of sp³-hybridized carbons (Fsp3) is 0.909. The number of nitrogens with one attached hydrogen (secondary N) is 2. The molecular formula is C11H24IN3S. The van der Waals surface area contributed by atoms with Gasteiger partial charge in [0, 0.05) is 19.1 Å². The SMILES string of the molecule is CCNC(=NCCCCSC)NC1CC1.I. The lowest BCUT2D eigenvalue weighted by molar-refractivity contribution is 0.775. The van der Waals surface area contributed by atoms with Crippen LogP contribution >= 0.6 is 35.7 Å². The molecule has 1 aliphatic rings. The summed E-state index contributed by atoms with van der Waals surface area (Å²) in [6.45, 7) is 4.00. The zero-order valence-electron chi connectivity index (χ0n) is 10.3. The third-order valence-electron chi connectivity index (χ3n) is 2.29. The predicted octanol–water partition coefficient (Wildman–Crippen LogP) is 2.47. The van der Waals surface area contributed by atoms with E-state index in [0.717, 1.165) is 19.0 Å². The molecule has 0 bridgehead atoms. The molecule has 0 aromatic rings. The summed E-state index contributed by atoms with van der Waals surface area (Å²) in [5, 5.41) is 6.69. The monoisotopic (exact) mass is 357 g/mol. The highest BCUT2D eigenvalue weighted by Crippen LogP contribution is 2.18. The van der Waals surface area contributed by atoms with Crippen molar-refractivity contribution in [2.45, 2.75) is 38.6 Å². The van der Waals surface area contributed by atoms with Crippen LogP contribution in [-0.4, -0.2) is 37.1 Å². The second kappa shape index (κ2) is 10.5. The second-order valence-corrected chi connectivity index (χ2v) is 4.86. The van der Waals surface area contributed by atoms with Gasteiger partial charge in [-0.2, -0.15) is 11.8 Å². The van der Waals surface area contributed by atoms with Gasteiger partial charge in [0.2, 0.25) is 0 Å². The molecule has 1 aliphatic carbocycles. The third kappa shape index (κ3) is 8.50. The Balaban J connectivity index is 0.00000225. The van der Waals surface area contributed by atoms with Crippen molar-refractivity contribution in [3.63, 3.8) is 0 Å². The minimum absolute atomic E-state index is 0. The number of hydrogen-bond donors (Lipinski definition) is 2. The number of thioether (sulfide) groups is 1. The van der Waals surface area contributed by atoms with Gasteiger partial charge in [-0.3, -0.25) is 4.99 Å². The molecule has 2 N–H and O–H groups in total. The fourth-order valence-corrected chi connectivity index (χ4v) is 1.78. The van der Waals surface area contributed by atoms with Crippen LogP contribution in [0.3, 0.4) is 0 Å². The van der Waals surface area contributed by atoms with Crippen LogP contribution in [0, 0.1) is 0 Å². The van der Waals surface area contributed by atoms with Crippen LogP contribution in [-0.2, 0) is 0 Å². The van der Waals surface area contributed by atoms with E-state index in [-0.39, 0.29) is 24.0 Å². The summed E-state index contributed by atoms with van der Waals surface area (Å²) in [5.74, 6) is 2.26. The van der Waals surface area contributed by atoms with Crippen LogP contribution in [0.4, 0.5) is 0 Å². The van der Waals surface area contributed by atoms with E-state index in [4.69, 9.17) is 0 Å². The topological polar surface area (TPSA) is 36.4 Å². The number of aliphatic imine (C=N–C) groups is 1. The molecule has 0 spiro atoms. The first kappa shape index (κ1) is 16.4. The van der Waals surface area contributed by atoms with Gasteiger partial charge in [-0.1, -0.05) is 0 Å². The molecule has 0 radical (unpaired) electrons. The Morgan fingerprint density at radius 3 is 2.69 bits per heavy atom. The molecule has 0 aromatic heterocycles. The van der Waals surface area contributed by atoms with Crippen LogP contribution < -0.4 is 10.6 Å². The van der Waals surface area contributed by atoms with Crippen LogP contribution in [0.15, 0.2) is 4.99 Å². The van der Waals surface area contributed by atoms with E-state index >= 15 is 0 Å². The predicted molar refractivity (Wildman–Crippen MR) is 85.2 cm³/mol. The van der Waals surface area contributed by atoms with Crippen LogP contribution in [0.5, 0.6) is 0 Å². The van der Waals surface area contributed by atoms with Crippen molar-refractivity contribution in [3.05, 3.63) is 0 Å². The largest absolute Gasteiger partial charge is 0.357 e. The Labute approximate surface area is 121 Å². The molecule has 16 heavy (non-hydrogen) atoms. The van der Waals surface area contributed by atoms with Gasteiger partial charge in [0.15, 0.2) is 5.96 Å². The van der Waals surface area contributed by atoms with Crippen molar-refractivity contribution >= 4 is 41.7 Å². The Kier molecular flexibility index (Phi) is 10.7. The summed E-state index contributed by atoms with van der Waals surface area (Å²) in [7, 11) is 0. The van der Waals surface area contributed by atoms with Gasteiger partial charge >= 0.3 is 0 Å². The van der Waals surface area contributed by atoms with Crippen molar-refractivity contribution < 1.29 is 0 Å². The average molecular weight is 357 g/mol. The molecule has 0 aromatic carbocycles. The lowest BCUT2D eigenvalue weighted by atomic mass is 10.3. The molecule has 1 fully saturated rings. The van der Waals surface area contributed by atoms with Gasteiger partial charge in [-0.15, -0.1) is 24.0 Å². The summed E-state index contributed by atoms with van der Waals surface area (Å²) in [6, 6.07) is 0.689. The second-order valence-electron chi connectivity index (χ2n) is 3.88. The van der Waals surface area contributed by atoms with Crippen molar-refractivity contribution in [1.82, 2.24) is 10.6 Å². The molecular weight excluding hydrogens is 333 g/mol. The Morgan fingerprint density at radius 1 is 1.38 bits per heavy atom. The number of hydrogen-bond acceptors (Lipinski definition) is 2. The number of nitrogens with zero attached hydrogens (tertiary/aromatic N) is 1. The van der Waals surface area contributed by atoms with Crippen molar-refractivity contribution in [2.24, 2.45) is 4.99 Å². The Bertz CT molecular complexity index is 196. The smallest absolute Gasteiger partial charge is 0.191 e. The van der Waals surface area contributed by atoms with E-state index in [1.54, 1.807) is 0 Å². The van der Waals surface area contributed by atoms with Crippen LogP contribution in [0.25, 0.3) is 0 Å². The quantitative estimate of drug-likeness (QED) is 0.318. The maximum atomic E-state index is 4.55. The molecule has 0 amide bonds. The van der Waals surface area contributed by atoms with E-state index in [0.29, 0.717) is 6.04 Å². The zero-order chi connectivity index (χ0) is 10.9. The maximum Gasteiger partial charge on any atom is 0.191 e. The highest BCUT2D eigenvalue weighted by molar-refractivity contribution is 14.0. The summed E-state index contributed by atoms with van der Waals surface area (Å²) in [5.41, 5.74) is 0. The first-order chi connectivity index (χ1) is 7.36. The van der Waals surface area contributed by atoms with Gasteiger partial charge in [0.1, 0.15) is 0 Å². The van der Waals surface area contributed by atoms with Gasteiger partial charge in [-0.25, -0.2) is 0 Å². The number of unbranched alkanes of at least 4 members (excludes halogenated alkanes) is 1. The van der Waals surface area contributed by atoms with E-state index in [1.165, 1.54) is 31.4 Å². The third-order valence-corrected chi connectivity index (χ3v) is 2.99. The summed E-state index contributed by atoms with van der Waals surface area (Å²) < 4.78 is 0. The number of halogens is 1. The summed E-state index contributed by atoms with van der Waals surface area (Å²) >= 11 is 1.91. The van der Waals surface area contributed by atoms with E-state index in [9.17, 15) is 0 Å². The number of guanidine groups is 1. The molecule has 0 aliphatic heterocycles. The standard InChI is InChI=1S/C11H23N3S.HI/c1-3-12-11(14-10-6-7-10)13-8-4-5-9-15-2;/h10H,3-9H2,1-2H3,(H2,12,13,14);1H. The summed E-state index contributed by atoms with van der Waals surface area (Å²) in [4.78, 5) is 4.55. The van der Waals surface area contributed by atoms with Crippen molar-refractivity contribution in [2.75, 3.05) is 25.1 Å². The molecule has 5 heteroatoms. The Hall–Kier alpha value is 0.350. The summed E-state index contributed by atoms with van der Waals surface area (Å²) in [6.07, 6.45) is 7.23. The normalized spacial score (nSPS) is 15.5. The molecule has 96 valence electrons. The molecule has 0 saturated heterocycles. The Morgan fingerprint density at radius 2 is 2.12 bits per heavy atom. The zero-order valence-corrected chi connectivity index (χ0v) is 13.4. The van der Waals surface area contributed by atoms with Gasteiger partial charge in [-0.05, 0) is 44.6 Å². The van der Waals surface area contributed by atoms with E-state index < -0.39 is 0 Å². The minimum Gasteiger partial charge on any atom is -0.357 e. The van der Waals surface area contributed by atoms with Gasteiger partial charge < -0.3 is 10.6 Å². The first-order valence-electron chi connectivity index (χ1n) is 5.90. The van der Waals surface area contributed by atoms with Crippen molar-refractivity contribution in [1.29, 1.82) is 0 Å². The van der Waals surface area contributed by atoms with E-state index in [1.807, 2.05) is 11.8 Å². The lowest BCUT2D eigenvalue weighted by Crippen LogP contribution is -2.38. The van der Waals surface area contributed by atoms with Crippen LogP contribution in [0.2, 0.25) is 0 Å². The average Bonchev–Trinajstić information content (AvgIpc) is 3.01. The van der Waals surface area contributed by atoms with Crippen LogP contribution in [0.1, 0.15) is 32.6 Å². The molecule has 3 nitrogen and oxygen atoms in total. The highest BCUT2D eigenvalue weighted by atomic mass is 127. The molecule has 0 unspecified atom stereocenters. The molecule has 0 heterocycles. The van der Waals surface area contributed by atoms with Crippen molar-refractivity contribution in [3.8, 4) is 0 Å². The molecule has 0 atom stereocenters. The molecule has 1 rings (SSSR count). The first-order valence-corrected chi connectivity index (χ1v) is 7.30. The minimum atomic E-state index is 0. The fourth-order valence-electron chi connectivity index (χ4n) is 1.29. The van der Waals surface area contributed by atoms with Gasteiger partial charge in [0.05, 0.1) is 0 Å². The molecule has 1 saturated carbocycles. The lowest BCUT2D eigenvalue weighted by Gasteiger charge is -2.09. The highest BCUT2D eigenvalue weighted by Gasteiger charge is 2.21. The van der Waals surface area contributed by atoms with E-state index in [2.05, 4.69) is 28.8 Å².